The Morgan fingerprint density at radius 2 is 1.73 bits per heavy atom. The fourth-order valence-corrected chi connectivity index (χ4v) is 4.30. The normalized spacial score (nSPS) is 13.8. The summed E-state index contributed by atoms with van der Waals surface area (Å²) in [4.78, 5) is 25.8. The van der Waals surface area contributed by atoms with E-state index in [9.17, 15) is 14.7 Å². The Hall–Kier alpha value is -3.80. The van der Waals surface area contributed by atoms with Gasteiger partial charge in [0.1, 0.15) is 5.54 Å². The van der Waals surface area contributed by atoms with E-state index >= 15 is 0 Å². The summed E-state index contributed by atoms with van der Waals surface area (Å²) in [7, 11) is 1.32. The van der Waals surface area contributed by atoms with Crippen molar-refractivity contribution in [2.45, 2.75) is 31.7 Å². The molecule has 2 N–H and O–H groups in total. The molecule has 0 atom stereocenters. The third-order valence-electron chi connectivity index (χ3n) is 5.98. The summed E-state index contributed by atoms with van der Waals surface area (Å²) in [6, 6.07) is 20.3. The molecular weight excluding hydrogens is 418 g/mol. The smallest absolute Gasteiger partial charge is 0.332 e. The Kier molecular flexibility index (Phi) is 6.36. The first-order chi connectivity index (χ1) is 15.9. The lowest BCUT2D eigenvalue weighted by atomic mass is 9.95. The fourth-order valence-electron chi connectivity index (χ4n) is 4.30. The number of fused-ring (bicyclic) bond motifs is 1. The summed E-state index contributed by atoms with van der Waals surface area (Å²) < 4.78 is 10.8. The number of rotatable bonds is 7. The van der Waals surface area contributed by atoms with Crippen LogP contribution in [0.15, 0.2) is 66.7 Å². The molecule has 3 aromatic carbocycles. The summed E-state index contributed by atoms with van der Waals surface area (Å²) in [5, 5.41) is 13.1. The molecule has 1 aliphatic carbocycles. The van der Waals surface area contributed by atoms with Gasteiger partial charge in [-0.15, -0.1) is 0 Å². The van der Waals surface area contributed by atoms with Crippen molar-refractivity contribution in [2.24, 2.45) is 0 Å². The topological polar surface area (TPSA) is 84.9 Å². The van der Waals surface area contributed by atoms with Crippen molar-refractivity contribution in [2.75, 3.05) is 13.7 Å². The molecule has 0 saturated heterocycles. The maximum atomic E-state index is 13.1. The van der Waals surface area contributed by atoms with Gasteiger partial charge < -0.3 is 19.9 Å². The van der Waals surface area contributed by atoms with Crippen molar-refractivity contribution in [3.8, 4) is 11.5 Å². The van der Waals surface area contributed by atoms with Gasteiger partial charge in [0.2, 0.25) is 0 Å². The van der Waals surface area contributed by atoms with Crippen LogP contribution in [-0.2, 0) is 28.8 Å². The molecule has 3 aromatic rings. The van der Waals surface area contributed by atoms with Crippen LogP contribution in [0.5, 0.6) is 11.5 Å². The third kappa shape index (κ3) is 4.85. The third-order valence-corrected chi connectivity index (χ3v) is 5.98. The quantitative estimate of drug-likeness (QED) is 0.541. The molecule has 0 bridgehead atoms. The molecule has 170 valence electrons. The van der Waals surface area contributed by atoms with Gasteiger partial charge in [-0.3, -0.25) is 4.79 Å². The van der Waals surface area contributed by atoms with Crippen molar-refractivity contribution in [3.63, 3.8) is 0 Å². The van der Waals surface area contributed by atoms with Crippen molar-refractivity contribution in [3.05, 3.63) is 94.5 Å². The number of nitrogens with one attached hydrogen (secondary N) is 1. The summed E-state index contributed by atoms with van der Waals surface area (Å²) >= 11 is 0. The van der Waals surface area contributed by atoms with Crippen LogP contribution in [0.25, 0.3) is 0 Å². The maximum Gasteiger partial charge on any atom is 0.332 e. The number of aromatic hydroxyl groups is 1. The fraction of sp³-hybridized carbons (Fsp3) is 0.259. The molecule has 6 heteroatoms. The summed E-state index contributed by atoms with van der Waals surface area (Å²) in [6.07, 6.45) is 1.39. The lowest BCUT2D eigenvalue weighted by Crippen LogP contribution is -2.56. The Morgan fingerprint density at radius 1 is 1.00 bits per heavy atom. The monoisotopic (exact) mass is 445 g/mol. The van der Waals surface area contributed by atoms with Gasteiger partial charge in [0.25, 0.3) is 5.91 Å². The summed E-state index contributed by atoms with van der Waals surface area (Å²) in [6.45, 7) is 2.38. The predicted octanol–water partition coefficient (Wildman–Crippen LogP) is 3.76. The van der Waals surface area contributed by atoms with Gasteiger partial charge in [0.05, 0.1) is 13.7 Å². The largest absolute Gasteiger partial charge is 0.504 e. The van der Waals surface area contributed by atoms with E-state index in [1.165, 1.54) is 30.9 Å². The Bertz CT molecular complexity index is 1160. The molecule has 0 saturated carbocycles. The molecule has 0 spiro atoms. The molecule has 4 rings (SSSR count). The Morgan fingerprint density at radius 3 is 2.39 bits per heavy atom. The van der Waals surface area contributed by atoms with Crippen molar-refractivity contribution in [1.29, 1.82) is 0 Å². The van der Waals surface area contributed by atoms with Gasteiger partial charge in [0.15, 0.2) is 11.5 Å². The Balaban J connectivity index is 1.48. The number of esters is 1. The van der Waals surface area contributed by atoms with E-state index in [2.05, 4.69) is 11.4 Å². The minimum absolute atomic E-state index is 0.0493. The van der Waals surface area contributed by atoms with Gasteiger partial charge in [-0.25, -0.2) is 4.79 Å². The summed E-state index contributed by atoms with van der Waals surface area (Å²) in [5.41, 5.74) is 3.44. The number of carbonyl (C=O) groups is 2. The minimum Gasteiger partial charge on any atom is -0.504 e. The second kappa shape index (κ2) is 9.36. The maximum absolute atomic E-state index is 13.1. The van der Waals surface area contributed by atoms with E-state index < -0.39 is 17.4 Å². The number of amides is 1. The highest BCUT2D eigenvalue weighted by Crippen LogP contribution is 2.32. The number of hydrogen-bond acceptors (Lipinski definition) is 5. The zero-order valence-electron chi connectivity index (χ0n) is 18.8. The van der Waals surface area contributed by atoms with Crippen LogP contribution in [0.2, 0.25) is 0 Å². The second-order valence-electron chi connectivity index (χ2n) is 8.42. The predicted molar refractivity (Wildman–Crippen MR) is 125 cm³/mol. The molecule has 0 heterocycles. The highest BCUT2D eigenvalue weighted by atomic mass is 16.5. The molecule has 0 unspecified atom stereocenters. The van der Waals surface area contributed by atoms with Gasteiger partial charge >= 0.3 is 5.97 Å². The Labute approximate surface area is 193 Å². The van der Waals surface area contributed by atoms with Crippen LogP contribution in [0, 0.1) is 6.92 Å². The summed E-state index contributed by atoms with van der Waals surface area (Å²) in [5.74, 6) is -0.749. The van der Waals surface area contributed by atoms with Gasteiger partial charge in [-0.05, 0) is 41.8 Å². The van der Waals surface area contributed by atoms with Gasteiger partial charge in [0, 0.05) is 24.8 Å². The van der Waals surface area contributed by atoms with E-state index in [0.29, 0.717) is 25.9 Å². The number of methoxy groups -OCH3 is 1. The number of phenolic OH excluding ortho intramolecular Hbond substituents is 1. The number of benzene rings is 3. The van der Waals surface area contributed by atoms with E-state index in [0.717, 1.165) is 16.7 Å². The standard InChI is InChI=1S/C27H27NO5/c1-18-6-5-7-19(14-18)12-13-33-24-15-20(10-11-23(24)29)25(30)28-27(26(31)32-2)16-21-8-3-4-9-22(21)17-27/h3-11,14-15,29H,12-13,16-17H2,1-2H3,(H,28,30). The zero-order valence-corrected chi connectivity index (χ0v) is 18.8. The lowest BCUT2D eigenvalue weighted by Gasteiger charge is -2.27. The number of aryl methyl sites for hydroxylation is 1. The molecule has 6 nitrogen and oxygen atoms in total. The van der Waals surface area contributed by atoms with Crippen LogP contribution >= 0.6 is 0 Å². The van der Waals surface area contributed by atoms with Gasteiger partial charge in [-0.1, -0.05) is 54.1 Å². The molecule has 0 radical (unpaired) electrons. The number of carbonyl (C=O) groups excluding carboxylic acids is 2. The van der Waals surface area contributed by atoms with Crippen LogP contribution in [0.1, 0.15) is 32.6 Å². The molecule has 33 heavy (non-hydrogen) atoms. The van der Waals surface area contributed by atoms with Crippen LogP contribution in [0.4, 0.5) is 0 Å². The zero-order chi connectivity index (χ0) is 23.4. The first-order valence-corrected chi connectivity index (χ1v) is 10.9. The molecule has 1 amide bonds. The minimum atomic E-state index is -1.17. The van der Waals surface area contributed by atoms with E-state index in [1.54, 1.807) is 0 Å². The number of hydrogen-bond donors (Lipinski definition) is 2. The number of ether oxygens (including phenoxy) is 2. The van der Waals surface area contributed by atoms with Crippen LogP contribution in [0.3, 0.4) is 0 Å². The second-order valence-corrected chi connectivity index (χ2v) is 8.42. The van der Waals surface area contributed by atoms with Gasteiger partial charge in [-0.2, -0.15) is 0 Å². The average molecular weight is 446 g/mol. The average Bonchev–Trinajstić information content (AvgIpc) is 3.19. The SMILES string of the molecule is COC(=O)C1(NC(=O)c2ccc(O)c(OCCc3cccc(C)c3)c2)Cc2ccccc2C1. The lowest BCUT2D eigenvalue weighted by molar-refractivity contribution is -0.147. The highest BCUT2D eigenvalue weighted by molar-refractivity contribution is 5.99. The molecule has 0 fully saturated rings. The first kappa shape index (κ1) is 22.4. The van der Waals surface area contributed by atoms with Crippen LogP contribution in [-0.4, -0.2) is 36.2 Å². The van der Waals surface area contributed by atoms with E-state index in [4.69, 9.17) is 9.47 Å². The van der Waals surface area contributed by atoms with Crippen molar-refractivity contribution in [1.82, 2.24) is 5.32 Å². The highest BCUT2D eigenvalue weighted by Gasteiger charge is 2.46. The van der Waals surface area contributed by atoms with Crippen molar-refractivity contribution >= 4 is 11.9 Å². The molecule has 1 aliphatic rings. The molecule has 0 aliphatic heterocycles. The first-order valence-electron chi connectivity index (χ1n) is 10.9. The molecule has 0 aromatic heterocycles. The number of phenols is 1. The van der Waals surface area contributed by atoms with E-state index in [-0.39, 0.29) is 17.1 Å². The van der Waals surface area contributed by atoms with Crippen molar-refractivity contribution < 1.29 is 24.2 Å². The van der Waals surface area contributed by atoms with Crippen LogP contribution < -0.4 is 10.1 Å². The van der Waals surface area contributed by atoms with E-state index in [1.807, 2.05) is 49.4 Å². The molecular formula is C27H27NO5.